The molecule has 3 rings (SSSR count). The summed E-state index contributed by atoms with van der Waals surface area (Å²) in [6.07, 6.45) is 6.77. The van der Waals surface area contributed by atoms with Crippen LogP contribution < -0.4 is 0 Å². The van der Waals surface area contributed by atoms with Crippen molar-refractivity contribution in [3.05, 3.63) is 12.4 Å². The van der Waals surface area contributed by atoms with Gasteiger partial charge in [-0.05, 0) is 25.2 Å². The molecule has 116 valence electrons. The summed E-state index contributed by atoms with van der Waals surface area (Å²) in [5.41, 5.74) is 0. The second-order valence-electron chi connectivity index (χ2n) is 5.89. The highest BCUT2D eigenvalue weighted by atomic mass is 32.2. The first kappa shape index (κ1) is 14.5. The summed E-state index contributed by atoms with van der Waals surface area (Å²) in [5.74, 6) is -0.900. The summed E-state index contributed by atoms with van der Waals surface area (Å²) >= 11 is 0. The molecule has 3 atom stereocenters. The van der Waals surface area contributed by atoms with Crippen LogP contribution in [0, 0.1) is 5.92 Å². The lowest BCUT2D eigenvalue weighted by Crippen LogP contribution is -2.46. The van der Waals surface area contributed by atoms with Crippen molar-refractivity contribution in [1.29, 1.82) is 0 Å². The monoisotopic (exact) mass is 313 g/mol. The molecule has 2 aliphatic rings. The van der Waals surface area contributed by atoms with Gasteiger partial charge in [-0.2, -0.15) is 9.40 Å². The van der Waals surface area contributed by atoms with Crippen LogP contribution in [-0.4, -0.2) is 45.7 Å². The quantitative estimate of drug-likeness (QED) is 0.892. The fourth-order valence-corrected chi connectivity index (χ4v) is 5.48. The predicted octanol–water partition coefficient (Wildman–Crippen LogP) is 0.826. The van der Waals surface area contributed by atoms with E-state index in [0.29, 0.717) is 6.42 Å². The summed E-state index contributed by atoms with van der Waals surface area (Å²) in [5, 5.41) is 13.3. The molecule has 0 bridgehead atoms. The van der Waals surface area contributed by atoms with Crippen molar-refractivity contribution in [2.24, 2.45) is 13.0 Å². The van der Waals surface area contributed by atoms with Gasteiger partial charge in [-0.3, -0.25) is 9.48 Å². The minimum Gasteiger partial charge on any atom is -0.480 e. The highest BCUT2D eigenvalue weighted by molar-refractivity contribution is 7.89. The molecule has 21 heavy (non-hydrogen) atoms. The molecule has 0 amide bonds. The van der Waals surface area contributed by atoms with Gasteiger partial charge >= 0.3 is 5.97 Å². The van der Waals surface area contributed by atoms with Crippen molar-refractivity contribution in [3.8, 4) is 0 Å². The first-order chi connectivity index (χ1) is 9.91. The van der Waals surface area contributed by atoms with Crippen LogP contribution in [0.5, 0.6) is 0 Å². The van der Waals surface area contributed by atoms with Gasteiger partial charge in [0.05, 0.1) is 6.20 Å². The van der Waals surface area contributed by atoms with Gasteiger partial charge in [0, 0.05) is 19.3 Å². The zero-order valence-corrected chi connectivity index (χ0v) is 12.7. The average Bonchev–Trinajstić information content (AvgIpc) is 3.02. The molecule has 1 aromatic heterocycles. The maximum absolute atomic E-state index is 12.8. The van der Waals surface area contributed by atoms with E-state index in [1.165, 1.54) is 21.4 Å². The van der Waals surface area contributed by atoms with E-state index in [1.807, 2.05) is 0 Å². The van der Waals surface area contributed by atoms with Crippen molar-refractivity contribution in [1.82, 2.24) is 14.1 Å². The Morgan fingerprint density at radius 2 is 2.10 bits per heavy atom. The number of aromatic nitrogens is 2. The molecule has 0 radical (unpaired) electrons. The molecule has 1 aliphatic heterocycles. The van der Waals surface area contributed by atoms with Gasteiger partial charge in [-0.25, -0.2) is 8.42 Å². The molecule has 2 heterocycles. The average molecular weight is 313 g/mol. The molecule has 1 saturated carbocycles. The fraction of sp³-hybridized carbons (Fsp3) is 0.692. The van der Waals surface area contributed by atoms with Gasteiger partial charge in [0.1, 0.15) is 10.9 Å². The number of aryl methyl sites for hydroxylation is 1. The number of carboxylic acids is 1. The Morgan fingerprint density at radius 3 is 2.71 bits per heavy atom. The second-order valence-corrected chi connectivity index (χ2v) is 7.73. The molecule has 1 aromatic rings. The molecule has 7 nitrogen and oxygen atoms in total. The number of nitrogens with zero attached hydrogens (tertiary/aromatic N) is 3. The third-order valence-corrected chi connectivity index (χ3v) is 6.46. The number of hydrogen-bond donors (Lipinski definition) is 1. The molecule has 1 N–H and O–H groups in total. The highest BCUT2D eigenvalue weighted by Crippen LogP contribution is 2.42. The molecular formula is C13H19N3O4S. The molecule has 1 saturated heterocycles. The van der Waals surface area contributed by atoms with E-state index in [0.717, 1.165) is 25.7 Å². The topological polar surface area (TPSA) is 92.5 Å². The van der Waals surface area contributed by atoms with Gasteiger partial charge in [0.25, 0.3) is 0 Å². The Hall–Kier alpha value is -1.41. The molecule has 0 spiro atoms. The first-order valence-corrected chi connectivity index (χ1v) is 8.60. The van der Waals surface area contributed by atoms with E-state index in [1.54, 1.807) is 7.05 Å². The van der Waals surface area contributed by atoms with Crippen LogP contribution in [0.1, 0.15) is 32.1 Å². The standard InChI is InChI=1S/C13H19N3O4S/c1-15-8-10(7-14-15)21(19,20)16-11-5-3-2-4-9(11)6-12(16)13(17)18/h7-9,11-12H,2-6H2,1H3,(H,17,18)/t9-,11-,12-/m0/s1. The number of hydrogen-bond acceptors (Lipinski definition) is 4. The minimum absolute atomic E-state index is 0.0717. The van der Waals surface area contributed by atoms with Crippen LogP contribution in [0.25, 0.3) is 0 Å². The summed E-state index contributed by atoms with van der Waals surface area (Å²) in [4.78, 5) is 11.6. The molecule has 0 unspecified atom stereocenters. The van der Waals surface area contributed by atoms with E-state index in [9.17, 15) is 18.3 Å². The van der Waals surface area contributed by atoms with Crippen LogP contribution in [0.3, 0.4) is 0 Å². The van der Waals surface area contributed by atoms with Crippen molar-refractivity contribution in [2.45, 2.75) is 49.1 Å². The molecule has 1 aliphatic carbocycles. The second kappa shape index (κ2) is 5.10. The molecular weight excluding hydrogens is 294 g/mol. The highest BCUT2D eigenvalue weighted by Gasteiger charge is 2.51. The Balaban J connectivity index is 2.02. The smallest absolute Gasteiger partial charge is 0.322 e. The van der Waals surface area contributed by atoms with E-state index in [-0.39, 0.29) is 16.9 Å². The lowest BCUT2D eigenvalue weighted by atomic mass is 9.85. The first-order valence-electron chi connectivity index (χ1n) is 7.16. The van der Waals surface area contributed by atoms with Gasteiger partial charge in [-0.1, -0.05) is 12.8 Å². The van der Waals surface area contributed by atoms with Gasteiger partial charge in [0.15, 0.2) is 0 Å². The van der Waals surface area contributed by atoms with Crippen molar-refractivity contribution >= 4 is 16.0 Å². The number of carbonyl (C=O) groups is 1. The zero-order valence-electron chi connectivity index (χ0n) is 11.8. The summed E-state index contributed by atoms with van der Waals surface area (Å²) in [6.45, 7) is 0. The van der Waals surface area contributed by atoms with Crippen LogP contribution >= 0.6 is 0 Å². The van der Waals surface area contributed by atoms with Gasteiger partial charge < -0.3 is 5.11 Å². The number of rotatable bonds is 3. The summed E-state index contributed by atoms with van der Waals surface area (Å²) in [7, 11) is -2.17. The van der Waals surface area contributed by atoms with Crippen molar-refractivity contribution in [3.63, 3.8) is 0 Å². The van der Waals surface area contributed by atoms with Crippen LogP contribution in [0.2, 0.25) is 0 Å². The normalized spacial score (nSPS) is 30.2. The Kier molecular flexibility index (Phi) is 3.53. The SMILES string of the molecule is Cn1cc(S(=O)(=O)N2[C@H](C(=O)O)C[C@@H]3CCCC[C@@H]32)cn1. The van der Waals surface area contributed by atoms with Crippen molar-refractivity contribution < 1.29 is 18.3 Å². The maximum Gasteiger partial charge on any atom is 0.322 e. The van der Waals surface area contributed by atoms with Crippen LogP contribution in [0.15, 0.2) is 17.3 Å². The lowest BCUT2D eigenvalue weighted by Gasteiger charge is -2.31. The van der Waals surface area contributed by atoms with Gasteiger partial charge in [-0.15, -0.1) is 0 Å². The largest absolute Gasteiger partial charge is 0.480 e. The number of aliphatic carboxylic acids is 1. The van der Waals surface area contributed by atoms with E-state index < -0.39 is 22.0 Å². The Labute approximate surface area is 123 Å². The van der Waals surface area contributed by atoms with Crippen LogP contribution in [0.4, 0.5) is 0 Å². The maximum atomic E-state index is 12.8. The zero-order chi connectivity index (χ0) is 15.2. The number of carboxylic acid groups (broad SMARTS) is 1. The number of sulfonamides is 1. The predicted molar refractivity (Wildman–Crippen MR) is 74.0 cm³/mol. The lowest BCUT2D eigenvalue weighted by molar-refractivity contribution is -0.141. The Bertz CT molecular complexity index is 654. The summed E-state index contributed by atoms with van der Waals surface area (Å²) in [6, 6.07) is -1.15. The fourth-order valence-electron chi connectivity index (χ4n) is 3.63. The molecule has 0 aromatic carbocycles. The van der Waals surface area contributed by atoms with E-state index in [2.05, 4.69) is 5.10 Å². The minimum atomic E-state index is -3.81. The van der Waals surface area contributed by atoms with E-state index >= 15 is 0 Å². The van der Waals surface area contributed by atoms with E-state index in [4.69, 9.17) is 0 Å². The molecule has 2 fully saturated rings. The Morgan fingerprint density at radius 1 is 1.38 bits per heavy atom. The van der Waals surface area contributed by atoms with Crippen molar-refractivity contribution in [2.75, 3.05) is 0 Å². The van der Waals surface area contributed by atoms with Gasteiger partial charge in [0.2, 0.25) is 10.0 Å². The number of fused-ring (bicyclic) bond motifs is 1. The third kappa shape index (κ3) is 2.36. The summed E-state index contributed by atoms with van der Waals surface area (Å²) < 4.78 is 28.3. The van der Waals surface area contributed by atoms with Crippen LogP contribution in [-0.2, 0) is 21.9 Å². The third-order valence-electron chi connectivity index (χ3n) is 4.57. The molecule has 8 heteroatoms.